The maximum Gasteiger partial charge on any atom is 0.335 e. The zero-order valence-electron chi connectivity index (χ0n) is 24.8. The van der Waals surface area contributed by atoms with E-state index in [-0.39, 0.29) is 5.92 Å². The number of aromatic carboxylic acids is 1. The summed E-state index contributed by atoms with van der Waals surface area (Å²) in [5.41, 5.74) is 6.02. The fourth-order valence-electron chi connectivity index (χ4n) is 5.23. The summed E-state index contributed by atoms with van der Waals surface area (Å²) >= 11 is 0. The van der Waals surface area contributed by atoms with Crippen molar-refractivity contribution in [2.45, 2.75) is 44.9 Å². The first-order valence-electron chi connectivity index (χ1n) is 15.2. The van der Waals surface area contributed by atoms with Crippen LogP contribution in [0.4, 0.5) is 0 Å². The number of benzene rings is 4. The first-order valence-corrected chi connectivity index (χ1v) is 15.2. The molecule has 7 nitrogen and oxygen atoms in total. The van der Waals surface area contributed by atoms with Gasteiger partial charge in [0.25, 0.3) is 0 Å². The van der Waals surface area contributed by atoms with E-state index >= 15 is 0 Å². The number of carboxylic acid groups (broad SMARTS) is 1. The van der Waals surface area contributed by atoms with E-state index in [0.29, 0.717) is 18.0 Å². The lowest BCUT2D eigenvalue weighted by molar-refractivity contribution is 0.0697. The number of nitrogens with one attached hydrogen (secondary N) is 1. The Morgan fingerprint density at radius 1 is 0.795 bits per heavy atom. The van der Waals surface area contributed by atoms with Gasteiger partial charge < -0.3 is 9.84 Å². The van der Waals surface area contributed by atoms with Crippen LogP contribution in [-0.4, -0.2) is 38.3 Å². The third-order valence-corrected chi connectivity index (χ3v) is 7.74. The Labute approximate surface area is 258 Å². The van der Waals surface area contributed by atoms with Crippen molar-refractivity contribution in [3.63, 3.8) is 0 Å². The fraction of sp³-hybridized carbons (Fsp3) is 0.243. The molecule has 5 aromatic rings. The van der Waals surface area contributed by atoms with E-state index in [1.54, 1.807) is 12.1 Å². The second kappa shape index (κ2) is 16.0. The SMILES string of the molecule is O=C(O)c1ccc(CCC(/C=C/c2ccccc2OCCCCCc2ccccc2)Cc2ccc(-c3nn[nH]n3)cc2)cc1. The molecule has 0 bridgehead atoms. The molecule has 1 atom stereocenters. The first-order chi connectivity index (χ1) is 21.6. The van der Waals surface area contributed by atoms with E-state index in [4.69, 9.17) is 4.74 Å². The number of para-hydroxylation sites is 1. The molecule has 0 radical (unpaired) electrons. The number of aryl methyl sites for hydroxylation is 2. The second-order valence-electron chi connectivity index (χ2n) is 11.0. The topological polar surface area (TPSA) is 101 Å². The summed E-state index contributed by atoms with van der Waals surface area (Å²) in [7, 11) is 0. The molecule has 44 heavy (non-hydrogen) atoms. The number of rotatable bonds is 16. The van der Waals surface area contributed by atoms with Crippen LogP contribution >= 0.6 is 0 Å². The molecule has 1 heterocycles. The van der Waals surface area contributed by atoms with Crippen LogP contribution in [0, 0.1) is 5.92 Å². The van der Waals surface area contributed by atoms with E-state index < -0.39 is 5.97 Å². The third-order valence-electron chi connectivity index (χ3n) is 7.74. The van der Waals surface area contributed by atoms with E-state index in [1.165, 1.54) is 11.1 Å². The predicted molar refractivity (Wildman–Crippen MR) is 173 cm³/mol. The van der Waals surface area contributed by atoms with Gasteiger partial charge in [0.05, 0.1) is 12.2 Å². The van der Waals surface area contributed by atoms with Gasteiger partial charge in [-0.05, 0) is 91.0 Å². The predicted octanol–water partition coefficient (Wildman–Crippen LogP) is 7.86. The van der Waals surface area contributed by atoms with Crippen molar-refractivity contribution < 1.29 is 14.6 Å². The second-order valence-corrected chi connectivity index (χ2v) is 11.0. The maximum absolute atomic E-state index is 11.3. The highest BCUT2D eigenvalue weighted by Gasteiger charge is 2.11. The first kappa shape index (κ1) is 30.4. The molecular weight excluding hydrogens is 548 g/mol. The fourth-order valence-corrected chi connectivity index (χ4v) is 5.23. The Kier molecular flexibility index (Phi) is 11.0. The number of allylic oxidation sites excluding steroid dienone is 1. The summed E-state index contributed by atoms with van der Waals surface area (Å²) in [5, 5.41) is 23.5. The van der Waals surface area contributed by atoms with Crippen molar-refractivity contribution in [3.8, 4) is 17.1 Å². The minimum Gasteiger partial charge on any atom is -0.493 e. The molecule has 1 unspecified atom stereocenters. The number of carboxylic acids is 1. The highest BCUT2D eigenvalue weighted by Crippen LogP contribution is 2.25. The average molecular weight is 587 g/mol. The summed E-state index contributed by atoms with van der Waals surface area (Å²) in [5.74, 6) is 0.829. The zero-order chi connectivity index (χ0) is 30.4. The molecule has 0 saturated heterocycles. The van der Waals surface area contributed by atoms with Gasteiger partial charge in [0.1, 0.15) is 5.75 Å². The number of nitrogens with zero attached hydrogens (tertiary/aromatic N) is 3. The number of aromatic nitrogens is 4. The number of ether oxygens (including phenoxy) is 1. The Morgan fingerprint density at radius 3 is 2.27 bits per heavy atom. The van der Waals surface area contributed by atoms with Crippen LogP contribution < -0.4 is 4.74 Å². The molecule has 2 N–H and O–H groups in total. The molecule has 1 aromatic heterocycles. The number of H-pyrrole nitrogens is 1. The van der Waals surface area contributed by atoms with Gasteiger partial charge >= 0.3 is 5.97 Å². The smallest absolute Gasteiger partial charge is 0.335 e. The van der Waals surface area contributed by atoms with Gasteiger partial charge in [-0.15, -0.1) is 10.2 Å². The molecule has 0 fully saturated rings. The molecule has 0 spiro atoms. The third kappa shape index (κ3) is 9.23. The number of tetrazole rings is 1. The van der Waals surface area contributed by atoms with Crippen LogP contribution in [0.5, 0.6) is 5.75 Å². The Bertz CT molecular complexity index is 1600. The minimum absolute atomic E-state index is 0.260. The van der Waals surface area contributed by atoms with Crippen molar-refractivity contribution in [3.05, 3.63) is 137 Å². The molecule has 224 valence electrons. The lowest BCUT2D eigenvalue weighted by Gasteiger charge is -2.15. The van der Waals surface area contributed by atoms with E-state index in [1.807, 2.05) is 42.5 Å². The van der Waals surface area contributed by atoms with Gasteiger partial charge in [0, 0.05) is 11.1 Å². The lowest BCUT2D eigenvalue weighted by Crippen LogP contribution is -2.04. The summed E-state index contributed by atoms with van der Waals surface area (Å²) in [4.78, 5) is 11.3. The lowest BCUT2D eigenvalue weighted by atomic mass is 9.91. The molecule has 0 aliphatic heterocycles. The molecule has 5 rings (SSSR count). The largest absolute Gasteiger partial charge is 0.493 e. The van der Waals surface area contributed by atoms with Crippen LogP contribution in [-0.2, 0) is 19.3 Å². The van der Waals surface area contributed by atoms with Crippen molar-refractivity contribution in [1.82, 2.24) is 20.6 Å². The van der Waals surface area contributed by atoms with Crippen LogP contribution in [0.1, 0.15) is 58.3 Å². The molecule has 0 aliphatic rings. The van der Waals surface area contributed by atoms with Crippen molar-refractivity contribution in [2.24, 2.45) is 5.92 Å². The Balaban J connectivity index is 1.21. The Hall–Kier alpha value is -5.04. The maximum atomic E-state index is 11.3. The summed E-state index contributed by atoms with van der Waals surface area (Å²) in [6, 6.07) is 34.3. The van der Waals surface area contributed by atoms with Crippen LogP contribution in [0.25, 0.3) is 17.5 Å². The van der Waals surface area contributed by atoms with Gasteiger partial charge in [-0.1, -0.05) is 97.1 Å². The normalized spacial score (nSPS) is 11.9. The number of hydrogen-bond donors (Lipinski definition) is 2. The van der Waals surface area contributed by atoms with Gasteiger partial charge in [0.15, 0.2) is 0 Å². The highest BCUT2D eigenvalue weighted by molar-refractivity contribution is 5.87. The molecule has 0 saturated carbocycles. The van der Waals surface area contributed by atoms with E-state index in [0.717, 1.165) is 67.4 Å². The summed E-state index contributed by atoms with van der Waals surface area (Å²) in [6.45, 7) is 0.697. The van der Waals surface area contributed by atoms with E-state index in [9.17, 15) is 9.90 Å². The van der Waals surface area contributed by atoms with Crippen LogP contribution in [0.2, 0.25) is 0 Å². The summed E-state index contributed by atoms with van der Waals surface area (Å²) in [6.07, 6.45) is 11.5. The van der Waals surface area contributed by atoms with Crippen molar-refractivity contribution in [2.75, 3.05) is 6.61 Å². The number of hydrogen-bond acceptors (Lipinski definition) is 5. The van der Waals surface area contributed by atoms with E-state index in [2.05, 4.69) is 81.3 Å². The highest BCUT2D eigenvalue weighted by atomic mass is 16.5. The molecule has 0 aliphatic carbocycles. The van der Waals surface area contributed by atoms with Crippen LogP contribution in [0.15, 0.2) is 109 Å². The molecule has 4 aromatic carbocycles. The standard InChI is InChI=1S/C37H38N4O3/c42-37(43)34-24-16-29(17-25-34)14-15-30(27-31-19-22-33(23-20-31)36-38-40-41-39-36)18-21-32-12-6-7-13-35(32)44-26-8-2-5-11-28-9-3-1-4-10-28/h1,3-4,6-7,9-10,12-13,16-25,30H,2,5,8,11,14-15,26-27H2,(H,42,43)(H,38,39,40,41)/b21-18+. The van der Waals surface area contributed by atoms with Crippen LogP contribution in [0.3, 0.4) is 0 Å². The zero-order valence-corrected chi connectivity index (χ0v) is 24.8. The monoisotopic (exact) mass is 586 g/mol. The van der Waals surface area contributed by atoms with Gasteiger partial charge in [0.2, 0.25) is 5.82 Å². The number of aromatic amines is 1. The minimum atomic E-state index is -0.908. The quantitative estimate of drug-likeness (QED) is 0.114. The van der Waals surface area contributed by atoms with Crippen molar-refractivity contribution in [1.29, 1.82) is 0 Å². The Morgan fingerprint density at radius 2 is 1.52 bits per heavy atom. The van der Waals surface area contributed by atoms with Crippen molar-refractivity contribution >= 4 is 12.0 Å². The molecular formula is C37H38N4O3. The van der Waals surface area contributed by atoms with Gasteiger partial charge in [-0.25, -0.2) is 4.79 Å². The molecule has 7 heteroatoms. The molecule has 0 amide bonds. The number of unbranched alkanes of at least 4 members (excludes halogenated alkanes) is 2. The summed E-state index contributed by atoms with van der Waals surface area (Å²) < 4.78 is 6.23. The van der Waals surface area contributed by atoms with Gasteiger partial charge in [-0.3, -0.25) is 0 Å². The average Bonchev–Trinajstić information content (AvgIpc) is 3.61. The number of carbonyl (C=O) groups is 1. The van der Waals surface area contributed by atoms with Gasteiger partial charge in [-0.2, -0.15) is 5.21 Å².